The Balaban J connectivity index is 3.13. The number of rotatable bonds is 4. The lowest BCUT2D eigenvalue weighted by Gasteiger charge is -2.19. The summed E-state index contributed by atoms with van der Waals surface area (Å²) >= 11 is 3.24. The average molecular weight is 297 g/mol. The molecule has 0 fully saturated rings. The lowest BCUT2D eigenvalue weighted by atomic mass is 9.83. The second-order valence-electron chi connectivity index (χ2n) is 4.21. The first kappa shape index (κ1) is 13.7. The molecule has 0 aliphatic carbocycles. The Kier molecular flexibility index (Phi) is 4.24. The van der Waals surface area contributed by atoms with Gasteiger partial charge in [-0.15, -0.1) is 0 Å². The smallest absolute Gasteiger partial charge is 0.258 e. The first-order valence-electron chi connectivity index (χ1n) is 5.26. The Labute approximate surface area is 109 Å². The largest absolute Gasteiger partial charge is 0.283 e. The van der Waals surface area contributed by atoms with E-state index in [1.54, 1.807) is 6.07 Å². The minimum absolute atomic E-state index is 0.0406. The van der Waals surface area contributed by atoms with Crippen LogP contribution in [0, 0.1) is 26.9 Å². The molecule has 0 saturated heterocycles. The number of halogens is 1. The fourth-order valence-electron chi connectivity index (χ4n) is 1.51. The maximum Gasteiger partial charge on any atom is 0.283 e. The second-order valence-corrected chi connectivity index (χ2v) is 5.00. The van der Waals surface area contributed by atoms with Gasteiger partial charge in [-0.05, 0) is 41.3 Å². The molecule has 1 aromatic rings. The van der Waals surface area contributed by atoms with Gasteiger partial charge in [0.15, 0.2) is 0 Å². The predicted molar refractivity (Wildman–Crippen MR) is 68.5 cm³/mol. The third kappa shape index (κ3) is 3.04. The third-order valence-electron chi connectivity index (χ3n) is 2.89. The fraction of sp³-hybridized carbons (Fsp3) is 0.417. The molecule has 1 atom stereocenters. The van der Waals surface area contributed by atoms with Gasteiger partial charge in [-0.25, -0.2) is 0 Å². The molecule has 0 bridgehead atoms. The van der Waals surface area contributed by atoms with Crippen molar-refractivity contribution in [3.05, 3.63) is 38.3 Å². The lowest BCUT2D eigenvalue weighted by Crippen LogP contribution is -2.16. The standard InChI is InChI=1S/C12H13BrN2O2/c1-3-12(2,8-14)7-9-5-4-6-10(11(9)13)15(16)17/h4-6H,3,7H2,1-2H3. The average Bonchev–Trinajstić information content (AvgIpc) is 2.31. The molecule has 1 unspecified atom stereocenters. The molecule has 90 valence electrons. The van der Waals surface area contributed by atoms with Crippen molar-refractivity contribution in [1.29, 1.82) is 5.26 Å². The van der Waals surface area contributed by atoms with Crippen LogP contribution in [0.2, 0.25) is 0 Å². The first-order valence-corrected chi connectivity index (χ1v) is 6.06. The van der Waals surface area contributed by atoms with E-state index in [4.69, 9.17) is 5.26 Å². The summed E-state index contributed by atoms with van der Waals surface area (Å²) in [5, 5.41) is 19.9. The molecule has 0 spiro atoms. The molecule has 0 aliphatic heterocycles. The van der Waals surface area contributed by atoms with E-state index in [0.29, 0.717) is 17.3 Å². The quantitative estimate of drug-likeness (QED) is 0.626. The van der Waals surface area contributed by atoms with Gasteiger partial charge in [-0.1, -0.05) is 19.1 Å². The zero-order chi connectivity index (χ0) is 13.1. The van der Waals surface area contributed by atoms with E-state index in [-0.39, 0.29) is 5.69 Å². The van der Waals surface area contributed by atoms with Crippen LogP contribution in [0.1, 0.15) is 25.8 Å². The van der Waals surface area contributed by atoms with Gasteiger partial charge in [0.25, 0.3) is 5.69 Å². The zero-order valence-electron chi connectivity index (χ0n) is 9.74. The van der Waals surface area contributed by atoms with Crippen molar-refractivity contribution in [2.45, 2.75) is 26.7 Å². The molecule has 0 aliphatic rings. The molecular formula is C12H13BrN2O2. The summed E-state index contributed by atoms with van der Waals surface area (Å²) in [6.07, 6.45) is 1.21. The maximum absolute atomic E-state index is 10.8. The number of hydrogen-bond donors (Lipinski definition) is 0. The van der Waals surface area contributed by atoms with Crippen molar-refractivity contribution >= 4 is 21.6 Å². The molecule has 0 radical (unpaired) electrons. The highest BCUT2D eigenvalue weighted by molar-refractivity contribution is 9.10. The molecule has 5 heteroatoms. The van der Waals surface area contributed by atoms with Crippen LogP contribution < -0.4 is 0 Å². The van der Waals surface area contributed by atoms with E-state index in [1.807, 2.05) is 19.9 Å². The summed E-state index contributed by atoms with van der Waals surface area (Å²) in [5.74, 6) is 0. The Morgan fingerprint density at radius 1 is 1.59 bits per heavy atom. The zero-order valence-corrected chi connectivity index (χ0v) is 11.3. The van der Waals surface area contributed by atoms with Crippen LogP contribution >= 0.6 is 15.9 Å². The second kappa shape index (κ2) is 5.28. The number of nitriles is 1. The molecule has 0 aromatic heterocycles. The van der Waals surface area contributed by atoms with Gasteiger partial charge in [0.05, 0.1) is 20.9 Å². The molecule has 0 saturated carbocycles. The highest BCUT2D eigenvalue weighted by Gasteiger charge is 2.25. The SMILES string of the molecule is CCC(C)(C#N)Cc1cccc([N+](=O)[O-])c1Br. The van der Waals surface area contributed by atoms with Crippen LogP contribution in [0.15, 0.2) is 22.7 Å². The van der Waals surface area contributed by atoms with Crippen LogP contribution in [0.25, 0.3) is 0 Å². The minimum atomic E-state index is -0.488. The van der Waals surface area contributed by atoms with Gasteiger partial charge >= 0.3 is 0 Å². The Bertz CT molecular complexity index is 482. The van der Waals surface area contributed by atoms with E-state index < -0.39 is 10.3 Å². The normalized spacial score (nSPS) is 13.8. The van der Waals surface area contributed by atoms with Crippen LogP contribution in [0.4, 0.5) is 5.69 Å². The van der Waals surface area contributed by atoms with Gasteiger partial charge in [-0.2, -0.15) is 5.26 Å². The van der Waals surface area contributed by atoms with Crippen LogP contribution in [0.3, 0.4) is 0 Å². The highest BCUT2D eigenvalue weighted by atomic mass is 79.9. The molecular weight excluding hydrogens is 284 g/mol. The van der Waals surface area contributed by atoms with Crippen molar-refractivity contribution in [3.8, 4) is 6.07 Å². The monoisotopic (exact) mass is 296 g/mol. The predicted octanol–water partition coefficient (Wildman–Crippen LogP) is 3.84. The van der Waals surface area contributed by atoms with Gasteiger partial charge in [-0.3, -0.25) is 10.1 Å². The van der Waals surface area contributed by atoms with E-state index >= 15 is 0 Å². The molecule has 1 aromatic carbocycles. The lowest BCUT2D eigenvalue weighted by molar-refractivity contribution is -0.385. The van der Waals surface area contributed by atoms with Crippen molar-refractivity contribution < 1.29 is 4.92 Å². The minimum Gasteiger partial charge on any atom is -0.258 e. The summed E-state index contributed by atoms with van der Waals surface area (Å²) in [7, 11) is 0. The summed E-state index contributed by atoms with van der Waals surface area (Å²) in [6.45, 7) is 3.80. The molecule has 17 heavy (non-hydrogen) atoms. The molecule has 1 rings (SSSR count). The van der Waals surface area contributed by atoms with Crippen LogP contribution in [-0.2, 0) is 6.42 Å². The van der Waals surface area contributed by atoms with E-state index in [2.05, 4.69) is 22.0 Å². The van der Waals surface area contributed by atoms with E-state index in [1.165, 1.54) is 6.07 Å². The van der Waals surface area contributed by atoms with Crippen LogP contribution in [0.5, 0.6) is 0 Å². The van der Waals surface area contributed by atoms with E-state index in [9.17, 15) is 10.1 Å². The van der Waals surface area contributed by atoms with Crippen molar-refractivity contribution in [2.75, 3.05) is 0 Å². The van der Waals surface area contributed by atoms with Gasteiger partial charge < -0.3 is 0 Å². The first-order chi connectivity index (χ1) is 7.93. The van der Waals surface area contributed by atoms with Gasteiger partial charge in [0.2, 0.25) is 0 Å². The summed E-state index contributed by atoms with van der Waals surface area (Å²) in [5.41, 5.74) is 0.349. The van der Waals surface area contributed by atoms with E-state index in [0.717, 1.165) is 5.56 Å². The number of nitro benzene ring substituents is 1. The summed E-state index contributed by atoms with van der Waals surface area (Å²) in [4.78, 5) is 10.4. The highest BCUT2D eigenvalue weighted by Crippen LogP contribution is 2.33. The third-order valence-corrected chi connectivity index (χ3v) is 3.80. The molecule has 0 heterocycles. The Hall–Kier alpha value is -1.41. The van der Waals surface area contributed by atoms with Crippen molar-refractivity contribution in [3.63, 3.8) is 0 Å². The van der Waals surface area contributed by atoms with Crippen molar-refractivity contribution in [2.24, 2.45) is 5.41 Å². The summed E-state index contributed by atoms with van der Waals surface area (Å²) < 4.78 is 0.472. The van der Waals surface area contributed by atoms with Crippen molar-refractivity contribution in [1.82, 2.24) is 0 Å². The Morgan fingerprint density at radius 3 is 2.71 bits per heavy atom. The number of benzene rings is 1. The number of hydrogen-bond acceptors (Lipinski definition) is 3. The molecule has 4 nitrogen and oxygen atoms in total. The number of nitrogens with zero attached hydrogens (tertiary/aromatic N) is 2. The van der Waals surface area contributed by atoms with Gasteiger partial charge in [0, 0.05) is 6.07 Å². The molecule has 0 N–H and O–H groups in total. The summed E-state index contributed by atoms with van der Waals surface area (Å²) in [6, 6.07) is 7.16. The van der Waals surface area contributed by atoms with Gasteiger partial charge in [0.1, 0.15) is 0 Å². The topological polar surface area (TPSA) is 66.9 Å². The van der Waals surface area contributed by atoms with Crippen LogP contribution in [-0.4, -0.2) is 4.92 Å². The molecule has 0 amide bonds. The number of nitro groups is 1. The Morgan fingerprint density at radius 2 is 2.24 bits per heavy atom. The fourth-order valence-corrected chi connectivity index (χ4v) is 2.06. The maximum atomic E-state index is 10.8.